The lowest BCUT2D eigenvalue weighted by molar-refractivity contribution is -0.132. The van der Waals surface area contributed by atoms with Crippen LogP contribution in [0.15, 0.2) is 6.07 Å². The molecular formula is C17H30N6O. The van der Waals surface area contributed by atoms with Crippen molar-refractivity contribution in [3.63, 3.8) is 0 Å². The topological polar surface area (TPSA) is 73.4 Å². The second-order valence-corrected chi connectivity index (χ2v) is 6.08. The first kappa shape index (κ1) is 18.6. The Labute approximate surface area is 144 Å². The minimum atomic E-state index is 0.119. The lowest BCUT2D eigenvalue weighted by Crippen LogP contribution is -2.40. The normalized spacial score (nSPS) is 17.9. The first-order valence-electron chi connectivity index (χ1n) is 8.84. The highest BCUT2D eigenvalue weighted by atomic mass is 16.2. The zero-order chi connectivity index (χ0) is 17.5. The second-order valence-electron chi connectivity index (χ2n) is 6.08. The molecule has 2 heterocycles. The summed E-state index contributed by atoms with van der Waals surface area (Å²) in [5.74, 6) is 1.83. The average Bonchev–Trinajstić information content (AvgIpc) is 3.04. The second kappa shape index (κ2) is 8.94. The molecule has 0 saturated carbocycles. The largest absolute Gasteiger partial charge is 0.373 e. The third kappa shape index (κ3) is 4.42. The smallest absolute Gasteiger partial charge is 0.236 e. The molecule has 1 fully saturated rings. The van der Waals surface area contributed by atoms with Crippen molar-refractivity contribution in [3.8, 4) is 0 Å². The predicted octanol–water partition coefficient (Wildman–Crippen LogP) is 1.24. The van der Waals surface area contributed by atoms with Crippen LogP contribution in [0, 0.1) is 0 Å². The molecule has 0 spiro atoms. The summed E-state index contributed by atoms with van der Waals surface area (Å²) in [6, 6.07) is 2.08. The number of nitrogens with one attached hydrogen (secondary N) is 2. The van der Waals surface area contributed by atoms with Gasteiger partial charge in [0.25, 0.3) is 0 Å². The lowest BCUT2D eigenvalue weighted by Gasteiger charge is -2.27. The molecule has 1 aromatic rings. The SMILES string of the molecule is CCN(CC)C(=O)CN1CCC[C@@H]1c1nc(CNC)cc(NC)n1. The Balaban J connectivity index is 2.17. The molecule has 1 aromatic heterocycles. The number of likely N-dealkylation sites (N-methyl/N-ethyl adjacent to an activating group) is 1. The van der Waals surface area contributed by atoms with Gasteiger partial charge in [-0.1, -0.05) is 0 Å². The van der Waals surface area contributed by atoms with Crippen molar-refractivity contribution in [2.45, 2.75) is 39.3 Å². The Morgan fingerprint density at radius 3 is 2.71 bits per heavy atom. The molecule has 7 nitrogen and oxygen atoms in total. The number of anilines is 1. The Kier molecular flexibility index (Phi) is 6.93. The van der Waals surface area contributed by atoms with E-state index in [9.17, 15) is 4.79 Å². The van der Waals surface area contributed by atoms with E-state index in [1.807, 2.05) is 38.9 Å². The first-order chi connectivity index (χ1) is 11.6. The van der Waals surface area contributed by atoms with Crippen molar-refractivity contribution in [3.05, 3.63) is 17.6 Å². The molecule has 1 amide bonds. The van der Waals surface area contributed by atoms with Crippen LogP contribution >= 0.6 is 0 Å². The number of aromatic nitrogens is 2. The molecular weight excluding hydrogens is 304 g/mol. The number of amides is 1. The van der Waals surface area contributed by atoms with Gasteiger partial charge in [-0.3, -0.25) is 9.69 Å². The van der Waals surface area contributed by atoms with Gasteiger partial charge in [-0.25, -0.2) is 9.97 Å². The number of rotatable bonds is 8. The van der Waals surface area contributed by atoms with E-state index in [-0.39, 0.29) is 11.9 Å². The van der Waals surface area contributed by atoms with Crippen molar-refractivity contribution >= 4 is 11.7 Å². The van der Waals surface area contributed by atoms with Gasteiger partial charge in [0.2, 0.25) is 5.91 Å². The molecule has 0 aliphatic carbocycles. The molecule has 1 saturated heterocycles. The van der Waals surface area contributed by atoms with E-state index in [2.05, 4.69) is 20.5 Å². The van der Waals surface area contributed by atoms with Gasteiger partial charge in [0.05, 0.1) is 18.3 Å². The van der Waals surface area contributed by atoms with E-state index >= 15 is 0 Å². The molecule has 24 heavy (non-hydrogen) atoms. The molecule has 1 atom stereocenters. The highest BCUT2D eigenvalue weighted by Crippen LogP contribution is 2.30. The molecule has 1 aliphatic rings. The van der Waals surface area contributed by atoms with Crippen LogP contribution < -0.4 is 10.6 Å². The van der Waals surface area contributed by atoms with Crippen LogP contribution in [0.1, 0.15) is 44.2 Å². The predicted molar refractivity (Wildman–Crippen MR) is 95.8 cm³/mol. The number of likely N-dealkylation sites (tertiary alicyclic amines) is 1. The van der Waals surface area contributed by atoms with E-state index < -0.39 is 0 Å². The monoisotopic (exact) mass is 334 g/mol. The summed E-state index contributed by atoms with van der Waals surface area (Å²) in [5.41, 5.74) is 0.966. The van der Waals surface area contributed by atoms with Crippen LogP contribution in [0.3, 0.4) is 0 Å². The summed E-state index contributed by atoms with van der Waals surface area (Å²) in [6.07, 6.45) is 2.07. The summed E-state index contributed by atoms with van der Waals surface area (Å²) < 4.78 is 0. The number of hydrogen-bond donors (Lipinski definition) is 2. The number of carbonyl (C=O) groups is 1. The van der Waals surface area contributed by atoms with E-state index in [4.69, 9.17) is 4.98 Å². The Hall–Kier alpha value is -1.73. The van der Waals surface area contributed by atoms with E-state index in [1.54, 1.807) is 0 Å². The minimum absolute atomic E-state index is 0.119. The lowest BCUT2D eigenvalue weighted by atomic mass is 10.2. The summed E-state index contributed by atoms with van der Waals surface area (Å²) >= 11 is 0. The molecule has 134 valence electrons. The van der Waals surface area contributed by atoms with Crippen LogP contribution in [0.4, 0.5) is 5.82 Å². The molecule has 0 bridgehead atoms. The van der Waals surface area contributed by atoms with Gasteiger partial charge in [-0.15, -0.1) is 0 Å². The third-order valence-corrected chi connectivity index (χ3v) is 4.53. The minimum Gasteiger partial charge on any atom is -0.373 e. The van der Waals surface area contributed by atoms with Gasteiger partial charge in [0.15, 0.2) is 0 Å². The maximum atomic E-state index is 12.5. The number of hydrogen-bond acceptors (Lipinski definition) is 6. The van der Waals surface area contributed by atoms with E-state index in [1.165, 1.54) is 0 Å². The highest BCUT2D eigenvalue weighted by molar-refractivity contribution is 5.78. The van der Waals surface area contributed by atoms with Crippen molar-refractivity contribution in [2.24, 2.45) is 0 Å². The molecule has 0 unspecified atom stereocenters. The summed E-state index contributed by atoms with van der Waals surface area (Å²) in [5, 5.41) is 6.24. The van der Waals surface area contributed by atoms with Gasteiger partial charge in [-0.2, -0.15) is 0 Å². The maximum absolute atomic E-state index is 12.5. The fourth-order valence-corrected chi connectivity index (χ4v) is 3.22. The molecule has 7 heteroatoms. The van der Waals surface area contributed by atoms with Crippen LogP contribution in [-0.2, 0) is 11.3 Å². The highest BCUT2D eigenvalue weighted by Gasteiger charge is 2.31. The van der Waals surface area contributed by atoms with Gasteiger partial charge >= 0.3 is 0 Å². The standard InChI is InChI=1S/C17H30N6O/c1-5-22(6-2)16(24)12-23-9-7-8-14(23)17-20-13(11-18-3)10-15(19-4)21-17/h10,14,18H,5-9,11-12H2,1-4H3,(H,19,20,21)/t14-/m1/s1. The number of nitrogens with zero attached hydrogens (tertiary/aromatic N) is 4. The van der Waals surface area contributed by atoms with Gasteiger partial charge in [0, 0.05) is 32.7 Å². The summed E-state index contributed by atoms with van der Waals surface area (Å²) in [4.78, 5) is 25.9. The zero-order valence-electron chi connectivity index (χ0n) is 15.3. The summed E-state index contributed by atoms with van der Waals surface area (Å²) in [6.45, 7) is 7.62. The van der Waals surface area contributed by atoms with Crippen LogP contribution in [0.25, 0.3) is 0 Å². The fraction of sp³-hybridized carbons (Fsp3) is 0.706. The van der Waals surface area contributed by atoms with E-state index in [0.717, 1.165) is 49.8 Å². The van der Waals surface area contributed by atoms with Crippen molar-refractivity contribution in [2.75, 3.05) is 45.6 Å². The van der Waals surface area contributed by atoms with Gasteiger partial charge < -0.3 is 15.5 Å². The van der Waals surface area contributed by atoms with Gasteiger partial charge in [0.1, 0.15) is 11.6 Å². The van der Waals surface area contributed by atoms with Crippen molar-refractivity contribution in [1.29, 1.82) is 0 Å². The molecule has 1 aliphatic heterocycles. The zero-order valence-corrected chi connectivity index (χ0v) is 15.3. The third-order valence-electron chi connectivity index (χ3n) is 4.53. The van der Waals surface area contributed by atoms with Crippen molar-refractivity contribution in [1.82, 2.24) is 25.1 Å². The molecule has 0 aromatic carbocycles. The number of carbonyl (C=O) groups excluding carboxylic acids is 1. The Morgan fingerprint density at radius 2 is 2.08 bits per heavy atom. The van der Waals surface area contributed by atoms with Crippen LogP contribution in [-0.4, -0.2) is 65.9 Å². The fourth-order valence-electron chi connectivity index (χ4n) is 3.22. The summed E-state index contributed by atoms with van der Waals surface area (Å²) in [7, 11) is 3.77. The van der Waals surface area contributed by atoms with Crippen LogP contribution in [0.5, 0.6) is 0 Å². The first-order valence-corrected chi connectivity index (χ1v) is 8.84. The molecule has 2 rings (SSSR count). The molecule has 2 N–H and O–H groups in total. The van der Waals surface area contributed by atoms with Crippen molar-refractivity contribution < 1.29 is 4.79 Å². The average molecular weight is 334 g/mol. The molecule has 0 radical (unpaired) electrons. The Bertz CT molecular complexity index is 546. The quantitative estimate of drug-likeness (QED) is 0.745. The van der Waals surface area contributed by atoms with E-state index in [0.29, 0.717) is 13.1 Å². The van der Waals surface area contributed by atoms with Gasteiger partial charge in [-0.05, 0) is 40.3 Å². The van der Waals surface area contributed by atoms with Crippen LogP contribution in [0.2, 0.25) is 0 Å². The maximum Gasteiger partial charge on any atom is 0.236 e. The Morgan fingerprint density at radius 1 is 1.33 bits per heavy atom.